The molecular weight excluding hydrogens is 310 g/mol. The third-order valence-electron chi connectivity index (χ3n) is 3.11. The van der Waals surface area contributed by atoms with Crippen LogP contribution < -0.4 is 10.6 Å². The molecule has 3 aromatic rings. The van der Waals surface area contributed by atoms with E-state index in [-0.39, 0.29) is 0 Å². The number of guanidine groups is 1. The number of aliphatic imine (C=N–C) groups is 1. The number of rotatable bonds is 5. The summed E-state index contributed by atoms with van der Waals surface area (Å²) in [5.41, 5.74) is 1.78. The quantitative estimate of drug-likeness (QED) is 0.556. The summed E-state index contributed by atoms with van der Waals surface area (Å²) < 4.78 is 5.49. The van der Waals surface area contributed by atoms with Gasteiger partial charge in [0.05, 0.1) is 29.4 Å². The number of pyridine rings is 1. The highest BCUT2D eigenvalue weighted by Crippen LogP contribution is 2.23. The van der Waals surface area contributed by atoms with Crippen LogP contribution in [0, 0.1) is 0 Å². The zero-order valence-corrected chi connectivity index (χ0v) is 13.5. The van der Waals surface area contributed by atoms with Crippen molar-refractivity contribution in [3.63, 3.8) is 0 Å². The molecule has 2 N–H and O–H groups in total. The van der Waals surface area contributed by atoms with E-state index in [9.17, 15) is 0 Å². The Hall–Kier alpha value is -2.67. The molecule has 23 heavy (non-hydrogen) atoms. The molecule has 0 atom stereocenters. The number of oxazole rings is 1. The molecule has 0 unspecified atom stereocenters. The lowest BCUT2D eigenvalue weighted by molar-refractivity contribution is 0.573. The molecule has 3 aromatic heterocycles. The largest absolute Gasteiger partial charge is 0.443 e. The van der Waals surface area contributed by atoms with E-state index in [1.54, 1.807) is 30.8 Å². The van der Waals surface area contributed by atoms with Crippen LogP contribution in [0.2, 0.25) is 0 Å². The summed E-state index contributed by atoms with van der Waals surface area (Å²) >= 11 is 1.60. The molecule has 0 aliphatic rings. The normalized spacial score (nSPS) is 11.4. The van der Waals surface area contributed by atoms with E-state index in [1.165, 1.54) is 0 Å². The summed E-state index contributed by atoms with van der Waals surface area (Å²) in [5.74, 6) is 1.34. The maximum atomic E-state index is 5.49. The number of aromatic nitrogens is 2. The summed E-state index contributed by atoms with van der Waals surface area (Å²) in [6.07, 6.45) is 3.43. The Bertz CT molecular complexity index is 752. The first-order valence-corrected chi connectivity index (χ1v) is 8.06. The van der Waals surface area contributed by atoms with Crippen LogP contribution in [0.5, 0.6) is 0 Å². The van der Waals surface area contributed by atoms with Gasteiger partial charge in [0.2, 0.25) is 5.89 Å². The van der Waals surface area contributed by atoms with Gasteiger partial charge in [-0.25, -0.2) is 4.98 Å². The van der Waals surface area contributed by atoms with Crippen LogP contribution in [0.3, 0.4) is 0 Å². The summed E-state index contributed by atoms with van der Waals surface area (Å²) in [4.78, 5) is 13.9. The standard InChI is InChI=1S/C16H17N5OS/c1-17-16(19-9-12-5-2-3-7-18-12)20-10-13-11-22-15(21-13)14-6-4-8-23-14/h2-8,11H,9-10H2,1H3,(H2,17,19,20). The fourth-order valence-electron chi connectivity index (χ4n) is 1.97. The van der Waals surface area contributed by atoms with Crippen LogP contribution in [0.25, 0.3) is 10.8 Å². The van der Waals surface area contributed by atoms with Gasteiger partial charge in [-0.15, -0.1) is 11.3 Å². The van der Waals surface area contributed by atoms with Crippen molar-refractivity contribution in [2.75, 3.05) is 7.05 Å². The number of nitrogens with zero attached hydrogens (tertiary/aromatic N) is 3. The van der Waals surface area contributed by atoms with Crippen molar-refractivity contribution in [3.8, 4) is 10.8 Å². The molecule has 0 spiro atoms. The molecule has 0 fully saturated rings. The molecule has 0 aliphatic heterocycles. The number of hydrogen-bond donors (Lipinski definition) is 2. The van der Waals surface area contributed by atoms with E-state index in [2.05, 4.69) is 25.6 Å². The first kappa shape index (κ1) is 15.2. The zero-order valence-electron chi connectivity index (χ0n) is 12.7. The Kier molecular flexibility index (Phi) is 5.00. The van der Waals surface area contributed by atoms with E-state index in [4.69, 9.17) is 4.42 Å². The highest BCUT2D eigenvalue weighted by molar-refractivity contribution is 7.13. The minimum Gasteiger partial charge on any atom is -0.443 e. The molecule has 0 saturated heterocycles. The van der Waals surface area contributed by atoms with Crippen LogP contribution in [0.4, 0.5) is 0 Å². The van der Waals surface area contributed by atoms with Gasteiger partial charge in [-0.1, -0.05) is 12.1 Å². The van der Waals surface area contributed by atoms with Gasteiger partial charge in [0.1, 0.15) is 6.26 Å². The predicted molar refractivity (Wildman–Crippen MR) is 91.1 cm³/mol. The number of thiophene rings is 1. The summed E-state index contributed by atoms with van der Waals surface area (Å²) in [6, 6.07) is 9.78. The van der Waals surface area contributed by atoms with E-state index in [0.717, 1.165) is 16.3 Å². The maximum absolute atomic E-state index is 5.49. The molecule has 0 radical (unpaired) electrons. The van der Waals surface area contributed by atoms with Gasteiger partial charge in [-0.05, 0) is 23.6 Å². The monoisotopic (exact) mass is 327 g/mol. The first-order chi connectivity index (χ1) is 11.3. The fraction of sp³-hybridized carbons (Fsp3) is 0.188. The lowest BCUT2D eigenvalue weighted by atomic mass is 10.3. The van der Waals surface area contributed by atoms with Gasteiger partial charge in [0.15, 0.2) is 5.96 Å². The molecule has 0 amide bonds. The Morgan fingerprint density at radius 1 is 1.17 bits per heavy atom. The molecule has 7 heteroatoms. The van der Waals surface area contributed by atoms with E-state index < -0.39 is 0 Å². The van der Waals surface area contributed by atoms with Crippen molar-refractivity contribution in [2.45, 2.75) is 13.1 Å². The zero-order chi connectivity index (χ0) is 15.9. The van der Waals surface area contributed by atoms with E-state index in [0.29, 0.717) is 24.9 Å². The second kappa shape index (κ2) is 7.55. The highest BCUT2D eigenvalue weighted by atomic mass is 32.1. The lowest BCUT2D eigenvalue weighted by Gasteiger charge is -2.10. The van der Waals surface area contributed by atoms with Gasteiger partial charge in [-0.3, -0.25) is 9.98 Å². The molecular formula is C16H17N5OS. The molecule has 3 heterocycles. The molecule has 0 bridgehead atoms. The maximum Gasteiger partial charge on any atom is 0.236 e. The fourth-order valence-corrected chi connectivity index (χ4v) is 2.63. The minimum atomic E-state index is 0.538. The van der Waals surface area contributed by atoms with Crippen molar-refractivity contribution in [3.05, 3.63) is 59.6 Å². The van der Waals surface area contributed by atoms with Gasteiger partial charge >= 0.3 is 0 Å². The molecule has 118 valence electrons. The van der Waals surface area contributed by atoms with E-state index in [1.807, 2.05) is 35.7 Å². The van der Waals surface area contributed by atoms with Crippen LogP contribution in [-0.2, 0) is 13.1 Å². The Morgan fingerprint density at radius 2 is 2.04 bits per heavy atom. The van der Waals surface area contributed by atoms with Crippen molar-refractivity contribution in [1.82, 2.24) is 20.6 Å². The average Bonchev–Trinajstić information content (AvgIpc) is 3.27. The molecule has 0 aromatic carbocycles. The molecule has 0 saturated carbocycles. The first-order valence-electron chi connectivity index (χ1n) is 7.18. The van der Waals surface area contributed by atoms with Gasteiger partial charge < -0.3 is 15.1 Å². The highest BCUT2D eigenvalue weighted by Gasteiger charge is 2.08. The predicted octanol–water partition coefficient (Wildman–Crippen LogP) is 2.66. The molecule has 3 rings (SSSR count). The van der Waals surface area contributed by atoms with Gasteiger partial charge in [0, 0.05) is 13.2 Å². The molecule has 0 aliphatic carbocycles. The van der Waals surface area contributed by atoms with Crippen molar-refractivity contribution >= 4 is 17.3 Å². The third kappa shape index (κ3) is 4.17. The summed E-state index contributed by atoms with van der Waals surface area (Å²) in [5, 5.41) is 8.42. The lowest BCUT2D eigenvalue weighted by Crippen LogP contribution is -2.36. The van der Waals surface area contributed by atoms with Gasteiger partial charge in [-0.2, -0.15) is 0 Å². The summed E-state index contributed by atoms with van der Waals surface area (Å²) in [6.45, 7) is 1.15. The second-order valence-electron chi connectivity index (χ2n) is 4.72. The van der Waals surface area contributed by atoms with Gasteiger partial charge in [0.25, 0.3) is 0 Å². The smallest absolute Gasteiger partial charge is 0.236 e. The van der Waals surface area contributed by atoms with Crippen molar-refractivity contribution in [2.24, 2.45) is 4.99 Å². The van der Waals surface area contributed by atoms with Crippen molar-refractivity contribution < 1.29 is 4.42 Å². The minimum absolute atomic E-state index is 0.538. The topological polar surface area (TPSA) is 75.3 Å². The number of nitrogens with one attached hydrogen (secondary N) is 2. The summed E-state index contributed by atoms with van der Waals surface area (Å²) in [7, 11) is 1.73. The van der Waals surface area contributed by atoms with Crippen LogP contribution >= 0.6 is 11.3 Å². The second-order valence-corrected chi connectivity index (χ2v) is 5.67. The molecule has 6 nitrogen and oxygen atoms in total. The number of hydrogen-bond acceptors (Lipinski definition) is 5. The Labute approximate surface area is 138 Å². The third-order valence-corrected chi connectivity index (χ3v) is 3.97. The average molecular weight is 327 g/mol. The Morgan fingerprint density at radius 3 is 2.74 bits per heavy atom. The van der Waals surface area contributed by atoms with Crippen LogP contribution in [0.15, 0.2) is 57.6 Å². The van der Waals surface area contributed by atoms with E-state index >= 15 is 0 Å². The SMILES string of the molecule is CN=C(NCc1ccccn1)NCc1coc(-c2cccs2)n1. The Balaban J connectivity index is 1.52. The van der Waals surface area contributed by atoms with Crippen LogP contribution in [0.1, 0.15) is 11.4 Å². The van der Waals surface area contributed by atoms with Crippen molar-refractivity contribution in [1.29, 1.82) is 0 Å². The van der Waals surface area contributed by atoms with Crippen LogP contribution in [-0.4, -0.2) is 23.0 Å².